The van der Waals surface area contributed by atoms with Crippen LogP contribution in [-0.2, 0) is 0 Å². The fourth-order valence-corrected chi connectivity index (χ4v) is 3.56. The van der Waals surface area contributed by atoms with Gasteiger partial charge in [0, 0.05) is 16.1 Å². The molecule has 0 saturated heterocycles. The molecule has 2 rings (SSSR count). The maximum absolute atomic E-state index is 14.0. The van der Waals surface area contributed by atoms with E-state index in [1.807, 2.05) is 13.1 Å². The molecule has 3 atom stereocenters. The molecule has 1 aliphatic rings. The number of halogens is 2. The molecular formula is C15H21BrFN. The molecule has 1 fully saturated rings. The third kappa shape index (κ3) is 3.12. The third-order valence-electron chi connectivity index (χ3n) is 4.05. The zero-order valence-corrected chi connectivity index (χ0v) is 12.6. The summed E-state index contributed by atoms with van der Waals surface area (Å²) < 4.78 is 14.9. The maximum atomic E-state index is 14.0. The highest BCUT2D eigenvalue weighted by atomic mass is 79.9. The van der Waals surface area contributed by atoms with Crippen LogP contribution in [0.5, 0.6) is 0 Å². The number of benzene rings is 1. The second-order valence-electron chi connectivity index (χ2n) is 5.46. The number of hydrogen-bond donors (Lipinski definition) is 1. The van der Waals surface area contributed by atoms with Crippen molar-refractivity contribution in [3.63, 3.8) is 0 Å². The highest BCUT2D eigenvalue weighted by Crippen LogP contribution is 2.38. The van der Waals surface area contributed by atoms with E-state index in [-0.39, 0.29) is 11.9 Å². The van der Waals surface area contributed by atoms with E-state index < -0.39 is 0 Å². The van der Waals surface area contributed by atoms with Gasteiger partial charge in [0.1, 0.15) is 5.82 Å². The van der Waals surface area contributed by atoms with Gasteiger partial charge in [0.25, 0.3) is 0 Å². The normalized spacial score (nSPS) is 26.0. The van der Waals surface area contributed by atoms with E-state index >= 15 is 0 Å². The van der Waals surface area contributed by atoms with E-state index in [2.05, 4.69) is 28.2 Å². The summed E-state index contributed by atoms with van der Waals surface area (Å²) in [7, 11) is 1.93. The van der Waals surface area contributed by atoms with Crippen molar-refractivity contribution in [2.24, 2.45) is 11.8 Å². The minimum atomic E-state index is -0.101. The van der Waals surface area contributed by atoms with Gasteiger partial charge < -0.3 is 5.32 Å². The van der Waals surface area contributed by atoms with E-state index in [1.165, 1.54) is 25.7 Å². The van der Waals surface area contributed by atoms with Gasteiger partial charge in [-0.05, 0) is 49.9 Å². The van der Waals surface area contributed by atoms with Gasteiger partial charge in [-0.25, -0.2) is 4.39 Å². The van der Waals surface area contributed by atoms with Crippen LogP contribution in [0, 0.1) is 17.7 Å². The lowest BCUT2D eigenvalue weighted by Gasteiger charge is -2.33. The van der Waals surface area contributed by atoms with Crippen molar-refractivity contribution in [2.75, 3.05) is 7.05 Å². The topological polar surface area (TPSA) is 12.0 Å². The van der Waals surface area contributed by atoms with Crippen LogP contribution in [0.15, 0.2) is 22.7 Å². The Balaban J connectivity index is 2.24. The van der Waals surface area contributed by atoms with Crippen molar-refractivity contribution in [1.29, 1.82) is 0 Å². The largest absolute Gasteiger partial charge is 0.313 e. The van der Waals surface area contributed by atoms with Crippen molar-refractivity contribution >= 4 is 15.9 Å². The van der Waals surface area contributed by atoms with Crippen LogP contribution >= 0.6 is 15.9 Å². The van der Waals surface area contributed by atoms with Crippen molar-refractivity contribution < 1.29 is 4.39 Å². The lowest BCUT2D eigenvalue weighted by atomic mass is 9.76. The van der Waals surface area contributed by atoms with Crippen LogP contribution in [0.4, 0.5) is 4.39 Å². The minimum absolute atomic E-state index is 0.101. The van der Waals surface area contributed by atoms with Gasteiger partial charge in [-0.1, -0.05) is 35.7 Å². The van der Waals surface area contributed by atoms with E-state index in [1.54, 1.807) is 12.1 Å². The van der Waals surface area contributed by atoms with Crippen LogP contribution < -0.4 is 5.32 Å². The molecule has 1 aromatic carbocycles. The molecule has 0 radical (unpaired) electrons. The van der Waals surface area contributed by atoms with Crippen molar-refractivity contribution in [2.45, 2.75) is 38.6 Å². The molecule has 3 unspecified atom stereocenters. The summed E-state index contributed by atoms with van der Waals surface area (Å²) in [5, 5.41) is 3.32. The van der Waals surface area contributed by atoms with Gasteiger partial charge in [0.2, 0.25) is 0 Å². The molecule has 0 spiro atoms. The highest BCUT2D eigenvalue weighted by Gasteiger charge is 2.28. The smallest absolute Gasteiger partial charge is 0.128 e. The molecule has 100 valence electrons. The number of rotatable bonds is 3. The lowest BCUT2D eigenvalue weighted by molar-refractivity contribution is 0.227. The van der Waals surface area contributed by atoms with Crippen molar-refractivity contribution in [1.82, 2.24) is 5.32 Å². The van der Waals surface area contributed by atoms with Crippen LogP contribution in [0.25, 0.3) is 0 Å². The van der Waals surface area contributed by atoms with Gasteiger partial charge in [-0.2, -0.15) is 0 Å². The van der Waals surface area contributed by atoms with Gasteiger partial charge in [0.05, 0.1) is 0 Å². The predicted octanol–water partition coefficient (Wildman–Crippen LogP) is 4.68. The Labute approximate surface area is 117 Å². The molecule has 0 bridgehead atoms. The van der Waals surface area contributed by atoms with Gasteiger partial charge >= 0.3 is 0 Å². The first-order chi connectivity index (χ1) is 8.61. The molecule has 1 aliphatic carbocycles. The van der Waals surface area contributed by atoms with E-state index in [0.717, 1.165) is 16.0 Å². The fraction of sp³-hybridized carbons (Fsp3) is 0.600. The minimum Gasteiger partial charge on any atom is -0.313 e. The van der Waals surface area contributed by atoms with Crippen LogP contribution in [0.3, 0.4) is 0 Å². The molecule has 3 heteroatoms. The Bertz CT molecular complexity index is 407. The quantitative estimate of drug-likeness (QED) is 0.854. The van der Waals surface area contributed by atoms with Gasteiger partial charge in [-0.3, -0.25) is 0 Å². The Hall–Kier alpha value is -0.410. The fourth-order valence-electron chi connectivity index (χ4n) is 3.18. The molecular weight excluding hydrogens is 293 g/mol. The summed E-state index contributed by atoms with van der Waals surface area (Å²) in [6.07, 6.45) is 4.97. The molecule has 1 aromatic rings. The first-order valence-corrected chi connectivity index (χ1v) is 7.53. The number of nitrogens with one attached hydrogen (secondary N) is 1. The maximum Gasteiger partial charge on any atom is 0.128 e. The summed E-state index contributed by atoms with van der Waals surface area (Å²) in [5.74, 6) is 1.20. The van der Waals surface area contributed by atoms with Crippen molar-refractivity contribution in [3.8, 4) is 0 Å². The second-order valence-corrected chi connectivity index (χ2v) is 6.38. The predicted molar refractivity (Wildman–Crippen MR) is 77.0 cm³/mol. The van der Waals surface area contributed by atoms with Crippen LogP contribution in [-0.4, -0.2) is 7.05 Å². The summed E-state index contributed by atoms with van der Waals surface area (Å²) in [5.41, 5.74) is 0.797. The Morgan fingerprint density at radius 1 is 1.39 bits per heavy atom. The average molecular weight is 314 g/mol. The summed E-state index contributed by atoms with van der Waals surface area (Å²) in [6, 6.07) is 5.35. The first kappa shape index (κ1) is 14.0. The standard InChI is InChI=1S/C15H21BrFN/c1-10-4-3-5-11(8-10)15(18-2)13-9-12(16)6-7-14(13)17/h6-7,9-11,15,18H,3-5,8H2,1-2H3. The zero-order valence-electron chi connectivity index (χ0n) is 11.0. The summed E-state index contributed by atoms with van der Waals surface area (Å²) in [4.78, 5) is 0. The SMILES string of the molecule is CNC(c1cc(Br)ccc1F)C1CCCC(C)C1. The third-order valence-corrected chi connectivity index (χ3v) is 4.55. The molecule has 1 nitrogen and oxygen atoms in total. The lowest BCUT2D eigenvalue weighted by Crippen LogP contribution is -2.29. The van der Waals surface area contributed by atoms with Crippen LogP contribution in [0.1, 0.15) is 44.2 Å². The molecule has 18 heavy (non-hydrogen) atoms. The molecule has 0 aromatic heterocycles. The average Bonchev–Trinajstić information content (AvgIpc) is 2.35. The van der Waals surface area contributed by atoms with Gasteiger partial charge in [-0.15, -0.1) is 0 Å². The molecule has 1 N–H and O–H groups in total. The Kier molecular flexibility index (Phi) is 4.79. The van der Waals surface area contributed by atoms with E-state index in [4.69, 9.17) is 0 Å². The van der Waals surface area contributed by atoms with E-state index in [9.17, 15) is 4.39 Å². The number of hydrogen-bond acceptors (Lipinski definition) is 1. The van der Waals surface area contributed by atoms with E-state index in [0.29, 0.717) is 5.92 Å². The first-order valence-electron chi connectivity index (χ1n) is 6.74. The van der Waals surface area contributed by atoms with Crippen LogP contribution in [0.2, 0.25) is 0 Å². The zero-order chi connectivity index (χ0) is 13.1. The molecule has 1 saturated carbocycles. The Morgan fingerprint density at radius 3 is 2.83 bits per heavy atom. The summed E-state index contributed by atoms with van der Waals surface area (Å²) in [6.45, 7) is 2.30. The summed E-state index contributed by atoms with van der Waals surface area (Å²) >= 11 is 3.44. The van der Waals surface area contributed by atoms with Crippen molar-refractivity contribution in [3.05, 3.63) is 34.1 Å². The molecule has 0 heterocycles. The Morgan fingerprint density at radius 2 is 2.17 bits per heavy atom. The van der Waals surface area contributed by atoms with Gasteiger partial charge in [0.15, 0.2) is 0 Å². The molecule has 0 amide bonds. The highest BCUT2D eigenvalue weighted by molar-refractivity contribution is 9.10. The second kappa shape index (κ2) is 6.16. The molecule has 0 aliphatic heterocycles. The monoisotopic (exact) mass is 313 g/mol.